The molecule has 0 bridgehead atoms. The van der Waals surface area contributed by atoms with E-state index in [0.29, 0.717) is 31.4 Å². The Morgan fingerprint density at radius 2 is 2.14 bits per heavy atom. The first-order valence-electron chi connectivity index (χ1n) is 6.77. The number of hydrogen-bond donors (Lipinski definition) is 2. The summed E-state index contributed by atoms with van der Waals surface area (Å²) in [6, 6.07) is 4.13. The van der Waals surface area contributed by atoms with Crippen molar-refractivity contribution in [2.45, 2.75) is 13.8 Å². The normalized spacial score (nSPS) is 10.5. The van der Waals surface area contributed by atoms with Crippen molar-refractivity contribution in [1.82, 2.24) is 5.32 Å². The summed E-state index contributed by atoms with van der Waals surface area (Å²) in [5.74, 6) is 0.0737. The summed E-state index contributed by atoms with van der Waals surface area (Å²) >= 11 is 0. The monoisotopic (exact) mass is 295 g/mol. The molecule has 21 heavy (non-hydrogen) atoms. The van der Waals surface area contributed by atoms with Crippen molar-refractivity contribution < 1.29 is 14.5 Å². The van der Waals surface area contributed by atoms with Crippen LogP contribution in [-0.4, -0.2) is 37.6 Å². The fourth-order valence-electron chi connectivity index (χ4n) is 1.70. The summed E-state index contributed by atoms with van der Waals surface area (Å²) in [4.78, 5) is 22.3. The first kappa shape index (κ1) is 16.9. The summed E-state index contributed by atoms with van der Waals surface area (Å²) in [5, 5.41) is 16.3. The van der Waals surface area contributed by atoms with Crippen molar-refractivity contribution in [3.63, 3.8) is 0 Å². The number of nitrogens with one attached hydrogen (secondary N) is 2. The van der Waals surface area contributed by atoms with Gasteiger partial charge in [-0.1, -0.05) is 13.8 Å². The lowest BCUT2D eigenvalue weighted by atomic mass is 10.1. The molecule has 0 aromatic heterocycles. The third-order valence-corrected chi connectivity index (χ3v) is 2.71. The maximum atomic E-state index is 12.1. The van der Waals surface area contributed by atoms with Crippen LogP contribution in [0.25, 0.3) is 0 Å². The topological polar surface area (TPSA) is 93.5 Å². The van der Waals surface area contributed by atoms with Crippen LogP contribution in [0.2, 0.25) is 0 Å². The molecule has 7 heteroatoms. The van der Waals surface area contributed by atoms with Crippen molar-refractivity contribution in [3.8, 4) is 0 Å². The molecule has 0 heterocycles. The molecular weight excluding hydrogens is 274 g/mol. The van der Waals surface area contributed by atoms with E-state index in [1.54, 1.807) is 7.05 Å². The number of carbonyl (C=O) groups excluding carboxylic acids is 1. The van der Waals surface area contributed by atoms with E-state index >= 15 is 0 Å². The van der Waals surface area contributed by atoms with Gasteiger partial charge in [-0.3, -0.25) is 14.9 Å². The van der Waals surface area contributed by atoms with Gasteiger partial charge in [-0.2, -0.15) is 0 Å². The quantitative estimate of drug-likeness (QED) is 0.435. The number of carbonyl (C=O) groups is 1. The van der Waals surface area contributed by atoms with E-state index in [1.807, 2.05) is 13.8 Å². The molecule has 0 saturated carbocycles. The fourth-order valence-corrected chi connectivity index (χ4v) is 1.70. The van der Waals surface area contributed by atoms with Gasteiger partial charge >= 0.3 is 0 Å². The van der Waals surface area contributed by atoms with Gasteiger partial charge in [-0.15, -0.1) is 0 Å². The summed E-state index contributed by atoms with van der Waals surface area (Å²) in [7, 11) is 1.66. The number of nitrogens with zero attached hydrogens (tertiary/aromatic N) is 1. The first-order valence-corrected chi connectivity index (χ1v) is 6.77. The second kappa shape index (κ2) is 8.21. The van der Waals surface area contributed by atoms with Crippen LogP contribution < -0.4 is 10.6 Å². The van der Waals surface area contributed by atoms with Gasteiger partial charge in [0.25, 0.3) is 11.6 Å². The highest BCUT2D eigenvalue weighted by Gasteiger charge is 2.15. The molecule has 0 saturated heterocycles. The van der Waals surface area contributed by atoms with Crippen molar-refractivity contribution >= 4 is 17.3 Å². The van der Waals surface area contributed by atoms with E-state index in [1.165, 1.54) is 18.2 Å². The number of nitro benzene ring substituents is 1. The number of hydrogen-bond acceptors (Lipinski definition) is 5. The highest BCUT2D eigenvalue weighted by molar-refractivity contribution is 6.00. The van der Waals surface area contributed by atoms with Crippen LogP contribution in [0.15, 0.2) is 18.2 Å². The van der Waals surface area contributed by atoms with Crippen LogP contribution in [0, 0.1) is 16.0 Å². The molecule has 0 aliphatic carbocycles. The average molecular weight is 295 g/mol. The van der Waals surface area contributed by atoms with Crippen molar-refractivity contribution in [2.24, 2.45) is 5.92 Å². The van der Waals surface area contributed by atoms with Gasteiger partial charge in [0, 0.05) is 38.0 Å². The third-order valence-electron chi connectivity index (χ3n) is 2.71. The van der Waals surface area contributed by atoms with Gasteiger partial charge in [-0.05, 0) is 12.0 Å². The van der Waals surface area contributed by atoms with E-state index in [0.717, 1.165) is 0 Å². The zero-order valence-electron chi connectivity index (χ0n) is 12.5. The number of ether oxygens (including phenoxy) is 1. The van der Waals surface area contributed by atoms with Crippen molar-refractivity contribution in [2.75, 3.05) is 32.1 Å². The van der Waals surface area contributed by atoms with Crippen LogP contribution in [0.3, 0.4) is 0 Å². The summed E-state index contributed by atoms with van der Waals surface area (Å²) in [6.45, 7) is 5.49. The minimum absolute atomic E-state index is 0.116. The maximum Gasteiger partial charge on any atom is 0.270 e. The van der Waals surface area contributed by atoms with E-state index < -0.39 is 4.92 Å². The summed E-state index contributed by atoms with van der Waals surface area (Å²) in [5.41, 5.74) is 0.673. The van der Waals surface area contributed by atoms with E-state index in [-0.39, 0.29) is 17.2 Å². The Morgan fingerprint density at radius 3 is 2.71 bits per heavy atom. The molecule has 0 aliphatic heterocycles. The number of nitro groups is 1. The number of benzene rings is 1. The Balaban J connectivity index is 2.63. The lowest BCUT2D eigenvalue weighted by Gasteiger charge is -2.10. The minimum Gasteiger partial charge on any atom is -0.387 e. The predicted molar refractivity (Wildman–Crippen MR) is 80.6 cm³/mol. The zero-order valence-corrected chi connectivity index (χ0v) is 12.5. The number of non-ortho nitro benzene ring substituents is 1. The van der Waals surface area contributed by atoms with Crippen molar-refractivity contribution in [1.29, 1.82) is 0 Å². The van der Waals surface area contributed by atoms with E-state index in [9.17, 15) is 14.9 Å². The largest absolute Gasteiger partial charge is 0.387 e. The average Bonchev–Trinajstić information content (AvgIpc) is 2.45. The number of anilines is 1. The smallest absolute Gasteiger partial charge is 0.270 e. The Hall–Kier alpha value is -2.15. The molecule has 0 spiro atoms. The Labute approximate surface area is 123 Å². The molecule has 0 aliphatic rings. The highest BCUT2D eigenvalue weighted by atomic mass is 16.6. The van der Waals surface area contributed by atoms with Gasteiger partial charge < -0.3 is 15.4 Å². The molecule has 1 aromatic carbocycles. The molecule has 1 aromatic rings. The fraction of sp³-hybridized carbons (Fsp3) is 0.500. The minimum atomic E-state index is -0.526. The second-order valence-corrected chi connectivity index (χ2v) is 4.96. The molecule has 1 rings (SSSR count). The Bertz CT molecular complexity index is 503. The van der Waals surface area contributed by atoms with Gasteiger partial charge in [0.05, 0.1) is 17.1 Å². The van der Waals surface area contributed by atoms with Gasteiger partial charge in [-0.25, -0.2) is 0 Å². The Morgan fingerprint density at radius 1 is 1.43 bits per heavy atom. The molecule has 0 unspecified atom stereocenters. The van der Waals surface area contributed by atoms with Crippen molar-refractivity contribution in [3.05, 3.63) is 33.9 Å². The number of amides is 1. The molecule has 2 N–H and O–H groups in total. The standard InChI is InChI=1S/C14H21N3O4/c1-10(2)9-21-7-6-16-14(18)12-8-11(17(19)20)4-5-13(12)15-3/h4-5,8,10,15H,6-7,9H2,1-3H3,(H,16,18). The van der Waals surface area contributed by atoms with Crippen LogP contribution in [0.1, 0.15) is 24.2 Å². The molecule has 0 radical (unpaired) electrons. The Kier molecular flexibility index (Phi) is 6.61. The summed E-state index contributed by atoms with van der Waals surface area (Å²) < 4.78 is 5.36. The highest BCUT2D eigenvalue weighted by Crippen LogP contribution is 2.21. The van der Waals surface area contributed by atoms with E-state index in [2.05, 4.69) is 10.6 Å². The van der Waals surface area contributed by atoms with Gasteiger partial charge in [0.1, 0.15) is 0 Å². The molecule has 0 atom stereocenters. The third kappa shape index (κ3) is 5.39. The molecular formula is C14H21N3O4. The molecule has 1 amide bonds. The maximum absolute atomic E-state index is 12.1. The van der Waals surface area contributed by atoms with Crippen LogP contribution in [0.4, 0.5) is 11.4 Å². The molecule has 7 nitrogen and oxygen atoms in total. The molecule has 116 valence electrons. The first-order chi connectivity index (χ1) is 9.95. The van der Waals surface area contributed by atoms with Crippen LogP contribution >= 0.6 is 0 Å². The SMILES string of the molecule is CNc1ccc([N+](=O)[O-])cc1C(=O)NCCOCC(C)C. The second-order valence-electron chi connectivity index (χ2n) is 4.96. The zero-order chi connectivity index (χ0) is 15.8. The van der Waals surface area contributed by atoms with Crippen LogP contribution in [0.5, 0.6) is 0 Å². The lowest BCUT2D eigenvalue weighted by molar-refractivity contribution is -0.384. The summed E-state index contributed by atoms with van der Waals surface area (Å²) in [6.07, 6.45) is 0. The molecule has 0 fully saturated rings. The van der Waals surface area contributed by atoms with Gasteiger partial charge in [0.15, 0.2) is 0 Å². The van der Waals surface area contributed by atoms with Crippen LogP contribution in [-0.2, 0) is 4.74 Å². The number of rotatable bonds is 8. The predicted octanol–water partition coefficient (Wildman–Crippen LogP) is 2.04. The van der Waals surface area contributed by atoms with E-state index in [4.69, 9.17) is 4.74 Å². The van der Waals surface area contributed by atoms with Gasteiger partial charge in [0.2, 0.25) is 0 Å². The lowest BCUT2D eigenvalue weighted by Crippen LogP contribution is -2.28.